The number of carbonyl (C=O) groups is 3. The van der Waals surface area contributed by atoms with Crippen LogP contribution in [0.1, 0.15) is 19.8 Å². The molecule has 0 fully saturated rings. The van der Waals surface area contributed by atoms with Crippen molar-refractivity contribution in [1.29, 1.82) is 0 Å². The number of hydrogen-bond donors (Lipinski definition) is 5. The molecule has 3 amide bonds. The Hall–Kier alpha value is -1.61. The highest BCUT2D eigenvalue weighted by Crippen LogP contribution is 1.99. The Bertz CT molecular complexity index is 297. The van der Waals surface area contributed by atoms with Gasteiger partial charge in [0.1, 0.15) is 0 Å². The number of nitrogens with two attached hydrogens (primary N) is 1. The van der Waals surface area contributed by atoms with Crippen LogP contribution in [0, 0.1) is 0 Å². The highest BCUT2D eigenvalue weighted by Gasteiger charge is 2.30. The third kappa shape index (κ3) is 6.54. The van der Waals surface area contributed by atoms with Crippen molar-refractivity contribution in [1.82, 2.24) is 10.6 Å². The lowest BCUT2D eigenvalue weighted by Crippen LogP contribution is -2.50. The molecular formula is C8H16BN3O5. The fourth-order valence-electron chi connectivity index (χ4n) is 1.12. The predicted octanol–water partition coefficient (Wildman–Crippen LogP) is -2.48. The lowest BCUT2D eigenvalue weighted by molar-refractivity contribution is -0.119. The minimum Gasteiger partial charge on any atom is -0.421 e. The zero-order valence-corrected chi connectivity index (χ0v) is 9.47. The molecule has 0 saturated heterocycles. The van der Waals surface area contributed by atoms with Gasteiger partial charge in [0, 0.05) is 13.0 Å². The maximum atomic E-state index is 11.3. The Labute approximate surface area is 98.7 Å². The highest BCUT2D eigenvalue weighted by molar-refractivity contribution is 6.79. The van der Waals surface area contributed by atoms with Gasteiger partial charge in [-0.1, -0.05) is 0 Å². The van der Waals surface area contributed by atoms with E-state index in [1.165, 1.54) is 0 Å². The zero-order chi connectivity index (χ0) is 13.4. The van der Waals surface area contributed by atoms with Crippen molar-refractivity contribution in [3.63, 3.8) is 0 Å². The van der Waals surface area contributed by atoms with E-state index in [9.17, 15) is 14.4 Å². The molecule has 0 aromatic heterocycles. The summed E-state index contributed by atoms with van der Waals surface area (Å²) >= 11 is 0. The number of primary amides is 1. The Morgan fingerprint density at radius 2 is 1.94 bits per heavy atom. The third-order valence-corrected chi connectivity index (χ3v) is 1.92. The molecule has 0 saturated carbocycles. The number of hydrogen-bond acceptors (Lipinski definition) is 5. The van der Waals surface area contributed by atoms with Crippen molar-refractivity contribution in [3.05, 3.63) is 0 Å². The van der Waals surface area contributed by atoms with E-state index in [4.69, 9.17) is 15.8 Å². The Kier molecular flexibility index (Phi) is 6.91. The van der Waals surface area contributed by atoms with Crippen LogP contribution in [-0.2, 0) is 9.59 Å². The molecule has 0 aromatic rings. The molecule has 17 heavy (non-hydrogen) atoms. The maximum Gasteiger partial charge on any atom is 0.529 e. The smallest absolute Gasteiger partial charge is 0.421 e. The van der Waals surface area contributed by atoms with Crippen LogP contribution in [0.5, 0.6) is 0 Å². The number of rotatable bonds is 7. The van der Waals surface area contributed by atoms with Crippen LogP contribution in [0.2, 0.25) is 0 Å². The summed E-state index contributed by atoms with van der Waals surface area (Å²) in [7, 11) is -2.20. The van der Waals surface area contributed by atoms with E-state index in [2.05, 4.69) is 10.6 Å². The molecule has 1 atom stereocenters. The van der Waals surface area contributed by atoms with Crippen LogP contribution in [0.3, 0.4) is 0 Å². The van der Waals surface area contributed by atoms with E-state index in [1.807, 2.05) is 0 Å². The molecule has 0 heterocycles. The van der Waals surface area contributed by atoms with Gasteiger partial charge in [0.2, 0.25) is 5.91 Å². The largest absolute Gasteiger partial charge is 0.529 e. The second-order valence-electron chi connectivity index (χ2n) is 3.34. The summed E-state index contributed by atoms with van der Waals surface area (Å²) in [5.41, 5.74) is 3.91. The SMILES string of the molecule is CCNC(=O)N[C@@H](CCC(N)=O)C(=O)B(O)O. The Balaban J connectivity index is 4.44. The van der Waals surface area contributed by atoms with Crippen molar-refractivity contribution >= 4 is 24.7 Å². The molecule has 0 aliphatic heterocycles. The van der Waals surface area contributed by atoms with Crippen LogP contribution < -0.4 is 16.4 Å². The van der Waals surface area contributed by atoms with E-state index >= 15 is 0 Å². The second-order valence-corrected chi connectivity index (χ2v) is 3.34. The van der Waals surface area contributed by atoms with Crippen LogP contribution in [-0.4, -0.2) is 47.4 Å². The molecule has 0 bridgehead atoms. The molecule has 0 spiro atoms. The molecule has 0 unspecified atom stereocenters. The maximum absolute atomic E-state index is 11.3. The first-order valence-electron chi connectivity index (χ1n) is 5.11. The average Bonchev–Trinajstić information content (AvgIpc) is 2.23. The fourth-order valence-corrected chi connectivity index (χ4v) is 1.12. The quantitative estimate of drug-likeness (QED) is 0.316. The van der Waals surface area contributed by atoms with Gasteiger partial charge >= 0.3 is 13.1 Å². The monoisotopic (exact) mass is 245 g/mol. The number of amides is 3. The van der Waals surface area contributed by atoms with Gasteiger partial charge in [-0.25, -0.2) is 4.79 Å². The summed E-state index contributed by atoms with van der Waals surface area (Å²) in [6, 6.07) is -1.79. The number of nitrogens with one attached hydrogen (secondary N) is 2. The molecule has 0 rings (SSSR count). The van der Waals surface area contributed by atoms with E-state index in [0.29, 0.717) is 6.54 Å². The molecule has 0 aliphatic rings. The van der Waals surface area contributed by atoms with Gasteiger partial charge in [-0.05, 0) is 13.3 Å². The summed E-state index contributed by atoms with van der Waals surface area (Å²) in [4.78, 5) is 33.0. The van der Waals surface area contributed by atoms with Gasteiger partial charge < -0.3 is 31.2 Å². The molecular weight excluding hydrogens is 229 g/mol. The lowest BCUT2D eigenvalue weighted by atomic mass is 9.78. The molecule has 6 N–H and O–H groups in total. The van der Waals surface area contributed by atoms with E-state index in [1.54, 1.807) is 6.92 Å². The second kappa shape index (κ2) is 7.63. The summed E-state index contributed by atoms with van der Waals surface area (Å²) in [5, 5.41) is 22.0. The van der Waals surface area contributed by atoms with Crippen LogP contribution in [0.25, 0.3) is 0 Å². The van der Waals surface area contributed by atoms with Crippen molar-refractivity contribution < 1.29 is 24.4 Å². The summed E-state index contributed by atoms with van der Waals surface area (Å²) in [6.07, 6.45) is -0.224. The third-order valence-electron chi connectivity index (χ3n) is 1.92. The van der Waals surface area contributed by atoms with Crippen LogP contribution >= 0.6 is 0 Å². The van der Waals surface area contributed by atoms with Gasteiger partial charge in [-0.15, -0.1) is 0 Å². The molecule has 0 radical (unpaired) electrons. The molecule has 0 aliphatic carbocycles. The Morgan fingerprint density at radius 3 is 2.35 bits per heavy atom. The predicted molar refractivity (Wildman–Crippen MR) is 59.6 cm³/mol. The number of urea groups is 1. The minimum atomic E-state index is -2.20. The summed E-state index contributed by atoms with van der Waals surface area (Å²) < 4.78 is 0. The van der Waals surface area contributed by atoms with Crippen molar-refractivity contribution in [2.75, 3.05) is 6.54 Å². The van der Waals surface area contributed by atoms with Crippen LogP contribution in [0.15, 0.2) is 0 Å². The van der Waals surface area contributed by atoms with E-state index in [0.717, 1.165) is 0 Å². The molecule has 96 valence electrons. The molecule has 8 nitrogen and oxygen atoms in total. The average molecular weight is 245 g/mol. The normalized spacial score (nSPS) is 11.5. The Morgan fingerprint density at radius 1 is 1.35 bits per heavy atom. The lowest BCUT2D eigenvalue weighted by Gasteiger charge is -2.16. The minimum absolute atomic E-state index is 0.0804. The van der Waals surface area contributed by atoms with Gasteiger partial charge in [-0.2, -0.15) is 0 Å². The van der Waals surface area contributed by atoms with Gasteiger partial charge in [0.25, 0.3) is 0 Å². The van der Waals surface area contributed by atoms with Crippen molar-refractivity contribution in [2.24, 2.45) is 5.73 Å². The first kappa shape index (κ1) is 15.4. The van der Waals surface area contributed by atoms with Gasteiger partial charge in [0.15, 0.2) is 5.68 Å². The standard InChI is InChI=1S/C8H16BN3O5/c1-2-11-8(15)12-5(3-4-6(10)13)7(14)9(16)17/h5,16-17H,2-4H2,1H3,(H2,10,13)(H2,11,12,15)/t5-/m0/s1. The first-order valence-corrected chi connectivity index (χ1v) is 5.11. The van der Waals surface area contributed by atoms with Crippen LogP contribution in [0.4, 0.5) is 4.79 Å². The number of carbonyl (C=O) groups excluding carboxylic acids is 3. The van der Waals surface area contributed by atoms with E-state index < -0.39 is 30.8 Å². The summed E-state index contributed by atoms with van der Waals surface area (Å²) in [5.74, 6) is -0.645. The summed E-state index contributed by atoms with van der Waals surface area (Å²) in [6.45, 7) is 2.03. The van der Waals surface area contributed by atoms with Crippen molar-refractivity contribution in [2.45, 2.75) is 25.8 Å². The fraction of sp³-hybridized carbons (Fsp3) is 0.625. The van der Waals surface area contributed by atoms with Gasteiger partial charge in [0.05, 0.1) is 6.04 Å². The molecule has 0 aromatic carbocycles. The zero-order valence-electron chi connectivity index (χ0n) is 9.47. The first-order chi connectivity index (χ1) is 7.88. The topological polar surface area (TPSA) is 142 Å². The van der Waals surface area contributed by atoms with Gasteiger partial charge in [-0.3, -0.25) is 4.79 Å². The van der Waals surface area contributed by atoms with Crippen molar-refractivity contribution in [3.8, 4) is 0 Å². The highest BCUT2D eigenvalue weighted by atomic mass is 16.4. The van der Waals surface area contributed by atoms with E-state index in [-0.39, 0.29) is 12.8 Å². The molecule has 9 heteroatoms.